The Bertz CT molecular complexity index is 998. The highest BCUT2D eigenvalue weighted by molar-refractivity contribution is 6.30. The molecule has 4 rings (SSSR count). The Morgan fingerprint density at radius 1 is 1.03 bits per heavy atom. The summed E-state index contributed by atoms with van der Waals surface area (Å²) in [6, 6.07) is 12.9. The molecule has 2 aliphatic rings. The van der Waals surface area contributed by atoms with Crippen molar-refractivity contribution in [2.75, 3.05) is 39.4 Å². The second kappa shape index (κ2) is 10.5. The maximum absolute atomic E-state index is 14.3. The first-order valence-corrected chi connectivity index (χ1v) is 11.7. The van der Waals surface area contributed by atoms with Gasteiger partial charge in [-0.15, -0.1) is 0 Å². The molecule has 0 spiro atoms. The molecule has 0 aliphatic carbocycles. The quantitative estimate of drug-likeness (QED) is 0.630. The summed E-state index contributed by atoms with van der Waals surface area (Å²) in [4.78, 5) is 29.6. The Morgan fingerprint density at radius 3 is 2.58 bits per heavy atom. The first-order valence-electron chi connectivity index (χ1n) is 11.3. The lowest BCUT2D eigenvalue weighted by Gasteiger charge is -2.43. The van der Waals surface area contributed by atoms with E-state index in [9.17, 15) is 14.0 Å². The Hall–Kier alpha value is -2.64. The number of carbonyl (C=O) groups is 2. The van der Waals surface area contributed by atoms with Crippen LogP contribution in [-0.2, 0) is 9.53 Å². The van der Waals surface area contributed by atoms with E-state index in [-0.39, 0.29) is 37.6 Å². The fourth-order valence-electron chi connectivity index (χ4n) is 4.37. The summed E-state index contributed by atoms with van der Waals surface area (Å²) in [5, 5.41) is 0.534. The largest absolute Gasteiger partial charge is 0.490 e. The van der Waals surface area contributed by atoms with Crippen LogP contribution in [0.2, 0.25) is 5.02 Å². The summed E-state index contributed by atoms with van der Waals surface area (Å²) in [6.45, 7) is 2.18. The number of likely N-dealkylation sites (tertiary alicyclic amines) is 1. The van der Waals surface area contributed by atoms with Gasteiger partial charge in [0.15, 0.2) is 0 Å². The first-order chi connectivity index (χ1) is 16.0. The number of ether oxygens (including phenoxy) is 2. The molecule has 0 bridgehead atoms. The summed E-state index contributed by atoms with van der Waals surface area (Å²) in [7, 11) is 0. The fraction of sp³-hybridized carbons (Fsp3) is 0.440. The molecule has 0 aromatic heterocycles. The van der Waals surface area contributed by atoms with Crippen molar-refractivity contribution in [3.63, 3.8) is 0 Å². The van der Waals surface area contributed by atoms with Gasteiger partial charge in [0.05, 0.1) is 25.1 Å². The molecule has 1 atom stereocenters. The highest BCUT2D eigenvalue weighted by atomic mass is 35.5. The molecular formula is C25H28ClFN2O4. The van der Waals surface area contributed by atoms with E-state index >= 15 is 0 Å². The summed E-state index contributed by atoms with van der Waals surface area (Å²) in [5.74, 6) is -0.467. The van der Waals surface area contributed by atoms with E-state index in [1.54, 1.807) is 41.3 Å². The van der Waals surface area contributed by atoms with Gasteiger partial charge in [-0.25, -0.2) is 4.39 Å². The molecule has 176 valence electrons. The summed E-state index contributed by atoms with van der Waals surface area (Å²) in [5.41, 5.74) is -1.04. The van der Waals surface area contributed by atoms with Gasteiger partial charge < -0.3 is 19.3 Å². The van der Waals surface area contributed by atoms with Gasteiger partial charge in [-0.3, -0.25) is 9.59 Å². The van der Waals surface area contributed by atoms with Gasteiger partial charge in [0.1, 0.15) is 23.8 Å². The SMILES string of the molecule is O=C(C[C@]1(COc2cccc(Cl)c2)CN(C(=O)c2ccccc2F)CCO1)N1CCCCC1. The second-order valence-corrected chi connectivity index (χ2v) is 9.04. The summed E-state index contributed by atoms with van der Waals surface area (Å²) >= 11 is 6.07. The Balaban J connectivity index is 1.54. The van der Waals surface area contributed by atoms with E-state index in [0.29, 0.717) is 17.3 Å². The van der Waals surface area contributed by atoms with Gasteiger partial charge in [-0.05, 0) is 49.6 Å². The Morgan fingerprint density at radius 2 is 1.82 bits per heavy atom. The number of piperidine rings is 1. The van der Waals surface area contributed by atoms with Gasteiger partial charge in [0.2, 0.25) is 5.91 Å². The zero-order valence-electron chi connectivity index (χ0n) is 18.5. The Labute approximate surface area is 198 Å². The number of nitrogens with zero attached hydrogens (tertiary/aromatic N) is 2. The van der Waals surface area contributed by atoms with E-state index in [0.717, 1.165) is 32.4 Å². The number of halogens is 2. The predicted molar refractivity (Wildman–Crippen MR) is 123 cm³/mol. The number of hydrogen-bond donors (Lipinski definition) is 0. The smallest absolute Gasteiger partial charge is 0.257 e. The number of benzene rings is 2. The van der Waals surface area contributed by atoms with Gasteiger partial charge >= 0.3 is 0 Å². The number of carbonyl (C=O) groups excluding carboxylic acids is 2. The fourth-order valence-corrected chi connectivity index (χ4v) is 4.55. The third kappa shape index (κ3) is 5.84. The van der Waals surface area contributed by atoms with E-state index in [2.05, 4.69) is 0 Å². The van der Waals surface area contributed by atoms with E-state index in [1.807, 2.05) is 4.90 Å². The van der Waals surface area contributed by atoms with Crippen LogP contribution in [-0.4, -0.2) is 66.6 Å². The van der Waals surface area contributed by atoms with Crippen molar-refractivity contribution in [2.24, 2.45) is 0 Å². The number of hydrogen-bond acceptors (Lipinski definition) is 4. The number of morpholine rings is 1. The van der Waals surface area contributed by atoms with Crippen molar-refractivity contribution >= 4 is 23.4 Å². The monoisotopic (exact) mass is 474 g/mol. The van der Waals surface area contributed by atoms with Crippen LogP contribution in [0.5, 0.6) is 5.75 Å². The molecule has 8 heteroatoms. The van der Waals surface area contributed by atoms with Crippen LogP contribution in [0.25, 0.3) is 0 Å². The lowest BCUT2D eigenvalue weighted by Crippen LogP contribution is -2.58. The average molecular weight is 475 g/mol. The minimum atomic E-state index is -1.05. The summed E-state index contributed by atoms with van der Waals surface area (Å²) in [6.07, 6.45) is 3.16. The average Bonchev–Trinajstić information content (AvgIpc) is 2.83. The van der Waals surface area contributed by atoms with Crippen LogP contribution in [0, 0.1) is 5.82 Å². The standard InChI is InChI=1S/C25H28ClFN2O4/c26-19-7-6-8-20(15-19)32-18-25(16-23(30)28-11-4-1-5-12-28)17-29(13-14-33-25)24(31)21-9-2-3-10-22(21)27/h2-3,6-10,15H,1,4-5,11-14,16-18H2/t25-/m1/s1. The molecular weight excluding hydrogens is 447 g/mol. The first kappa shape index (κ1) is 23.5. The molecule has 33 heavy (non-hydrogen) atoms. The maximum atomic E-state index is 14.3. The third-order valence-electron chi connectivity index (χ3n) is 6.12. The van der Waals surface area contributed by atoms with Crippen molar-refractivity contribution in [1.82, 2.24) is 9.80 Å². The molecule has 2 aromatic rings. The third-order valence-corrected chi connectivity index (χ3v) is 6.36. The molecule has 2 amide bonds. The molecule has 0 N–H and O–H groups in total. The lowest BCUT2D eigenvalue weighted by atomic mass is 9.95. The van der Waals surface area contributed by atoms with Gasteiger partial charge in [-0.2, -0.15) is 0 Å². The van der Waals surface area contributed by atoms with Crippen LogP contribution < -0.4 is 4.74 Å². The van der Waals surface area contributed by atoms with Crippen LogP contribution in [0.3, 0.4) is 0 Å². The van der Waals surface area contributed by atoms with Gasteiger partial charge in [0, 0.05) is 24.7 Å². The van der Waals surface area contributed by atoms with Gasteiger partial charge in [-0.1, -0.05) is 29.8 Å². The minimum absolute atomic E-state index is 0.00594. The molecule has 2 heterocycles. The van der Waals surface area contributed by atoms with Crippen molar-refractivity contribution in [3.05, 3.63) is 64.9 Å². The highest BCUT2D eigenvalue weighted by Crippen LogP contribution is 2.28. The van der Waals surface area contributed by atoms with Crippen molar-refractivity contribution < 1.29 is 23.5 Å². The molecule has 6 nitrogen and oxygen atoms in total. The topological polar surface area (TPSA) is 59.1 Å². The van der Waals surface area contributed by atoms with Crippen LogP contribution >= 0.6 is 11.6 Å². The molecule has 0 radical (unpaired) electrons. The second-order valence-electron chi connectivity index (χ2n) is 8.60. The molecule has 2 saturated heterocycles. The summed E-state index contributed by atoms with van der Waals surface area (Å²) < 4.78 is 26.4. The lowest BCUT2D eigenvalue weighted by molar-refractivity contribution is -0.153. The molecule has 0 saturated carbocycles. The highest BCUT2D eigenvalue weighted by Gasteiger charge is 2.42. The molecule has 0 unspecified atom stereocenters. The van der Waals surface area contributed by atoms with E-state index in [4.69, 9.17) is 21.1 Å². The predicted octanol–water partition coefficient (Wildman–Crippen LogP) is 4.17. The maximum Gasteiger partial charge on any atom is 0.257 e. The van der Waals surface area contributed by atoms with Crippen LogP contribution in [0.1, 0.15) is 36.0 Å². The number of amides is 2. The zero-order chi connectivity index (χ0) is 23.3. The van der Waals surface area contributed by atoms with Crippen LogP contribution in [0.4, 0.5) is 4.39 Å². The van der Waals surface area contributed by atoms with Crippen molar-refractivity contribution in [2.45, 2.75) is 31.3 Å². The van der Waals surface area contributed by atoms with Crippen molar-refractivity contribution in [1.29, 1.82) is 0 Å². The Kier molecular flexibility index (Phi) is 7.50. The normalized spacial score (nSPS) is 21.0. The zero-order valence-corrected chi connectivity index (χ0v) is 19.2. The number of rotatable bonds is 6. The molecule has 2 aliphatic heterocycles. The molecule has 2 aromatic carbocycles. The molecule has 2 fully saturated rings. The van der Waals surface area contributed by atoms with Crippen LogP contribution in [0.15, 0.2) is 48.5 Å². The van der Waals surface area contributed by atoms with Crippen molar-refractivity contribution in [3.8, 4) is 5.75 Å². The minimum Gasteiger partial charge on any atom is -0.490 e. The van der Waals surface area contributed by atoms with Gasteiger partial charge in [0.25, 0.3) is 5.91 Å². The van der Waals surface area contributed by atoms with E-state index in [1.165, 1.54) is 12.1 Å². The van der Waals surface area contributed by atoms with E-state index < -0.39 is 17.3 Å².